The van der Waals surface area contributed by atoms with Crippen molar-refractivity contribution in [2.45, 2.75) is 19.3 Å². The van der Waals surface area contributed by atoms with E-state index in [1.165, 1.54) is 4.90 Å². The quantitative estimate of drug-likeness (QED) is 0.735. The smallest absolute Gasteiger partial charge is 0.190 e. The van der Waals surface area contributed by atoms with E-state index in [1.54, 1.807) is 7.11 Å². The second kappa shape index (κ2) is 8.46. The summed E-state index contributed by atoms with van der Waals surface area (Å²) in [5.41, 5.74) is -0.206. The lowest BCUT2D eigenvalue weighted by Gasteiger charge is -2.46. The third-order valence-electron chi connectivity index (χ3n) is 7.03. The molecule has 1 aliphatic carbocycles. The summed E-state index contributed by atoms with van der Waals surface area (Å²) in [5, 5.41) is 41.4. The second-order valence-corrected chi connectivity index (χ2v) is 8.61. The average Bonchev–Trinajstić information content (AvgIpc) is 2.83. The molecule has 0 spiro atoms. The topological polar surface area (TPSA) is 109 Å². The minimum atomic E-state index is -1.74. The molecule has 32 heavy (non-hydrogen) atoms. The minimum absolute atomic E-state index is 0.119. The minimum Gasteiger partial charge on any atom is -0.496 e. The van der Waals surface area contributed by atoms with Crippen LogP contribution in [0.5, 0.6) is 5.75 Å². The van der Waals surface area contributed by atoms with Gasteiger partial charge < -0.3 is 15.0 Å². The van der Waals surface area contributed by atoms with Gasteiger partial charge in [0.1, 0.15) is 11.7 Å². The Labute approximate surface area is 188 Å². The Kier molecular flexibility index (Phi) is 5.70. The van der Waals surface area contributed by atoms with Crippen molar-refractivity contribution in [3.8, 4) is 24.0 Å². The van der Waals surface area contributed by atoms with Gasteiger partial charge in [-0.2, -0.15) is 15.8 Å². The lowest BCUT2D eigenvalue weighted by molar-refractivity contribution is -0.899. The number of fused-ring (bicyclic) bond motifs is 2. The lowest BCUT2D eigenvalue weighted by atomic mass is 9.54. The molecular weight excluding hydrogens is 398 g/mol. The van der Waals surface area contributed by atoms with Crippen LogP contribution in [0.3, 0.4) is 0 Å². The largest absolute Gasteiger partial charge is 0.496 e. The van der Waals surface area contributed by atoms with E-state index in [0.29, 0.717) is 12.3 Å². The molecule has 1 fully saturated rings. The van der Waals surface area contributed by atoms with Crippen molar-refractivity contribution in [1.82, 2.24) is 0 Å². The Morgan fingerprint density at radius 1 is 1.16 bits per heavy atom. The van der Waals surface area contributed by atoms with Crippen LogP contribution in [0.15, 0.2) is 48.0 Å². The number of benzene rings is 2. The van der Waals surface area contributed by atoms with E-state index in [-0.39, 0.29) is 11.6 Å². The summed E-state index contributed by atoms with van der Waals surface area (Å²) < 4.78 is 5.75. The summed E-state index contributed by atoms with van der Waals surface area (Å²) in [6.45, 7) is 4.62. The molecule has 1 heterocycles. The summed E-state index contributed by atoms with van der Waals surface area (Å²) in [7, 11) is 1.59. The van der Waals surface area contributed by atoms with Crippen LogP contribution >= 0.6 is 0 Å². The number of ether oxygens (including phenoxy) is 1. The van der Waals surface area contributed by atoms with E-state index < -0.39 is 17.3 Å². The van der Waals surface area contributed by atoms with Crippen LogP contribution in [-0.4, -0.2) is 32.5 Å². The molecule has 0 amide bonds. The van der Waals surface area contributed by atoms with Crippen molar-refractivity contribution in [2.75, 3.05) is 26.7 Å². The normalized spacial score (nSPS) is 26.2. The predicted octanol–water partition coefficient (Wildman–Crippen LogP) is 2.99. The van der Waals surface area contributed by atoms with Crippen molar-refractivity contribution < 1.29 is 9.64 Å². The fraction of sp³-hybridized carbons (Fsp3) is 0.385. The third kappa shape index (κ3) is 3.06. The Hall–Kier alpha value is -3.66. The molecule has 2 aromatic carbocycles. The van der Waals surface area contributed by atoms with Gasteiger partial charge in [0.2, 0.25) is 0 Å². The van der Waals surface area contributed by atoms with Gasteiger partial charge in [-0.3, -0.25) is 0 Å². The molecule has 1 saturated carbocycles. The summed E-state index contributed by atoms with van der Waals surface area (Å²) in [6.07, 6.45) is 3.09. The Morgan fingerprint density at radius 3 is 2.56 bits per heavy atom. The Balaban J connectivity index is 2.06. The van der Waals surface area contributed by atoms with Crippen molar-refractivity contribution >= 4 is 16.5 Å². The molecule has 6 nitrogen and oxygen atoms in total. The van der Waals surface area contributed by atoms with Crippen LogP contribution < -0.4 is 9.64 Å². The second-order valence-electron chi connectivity index (χ2n) is 8.61. The van der Waals surface area contributed by atoms with Gasteiger partial charge in [0.25, 0.3) is 0 Å². The summed E-state index contributed by atoms with van der Waals surface area (Å²) in [5.74, 6) is -1.05. The molecule has 1 aliphatic heterocycles. The van der Waals surface area contributed by atoms with Crippen LogP contribution in [0.2, 0.25) is 0 Å². The van der Waals surface area contributed by atoms with E-state index in [2.05, 4.69) is 31.2 Å². The zero-order chi connectivity index (χ0) is 22.9. The van der Waals surface area contributed by atoms with E-state index in [9.17, 15) is 15.8 Å². The molecule has 2 unspecified atom stereocenters. The highest BCUT2D eigenvalue weighted by molar-refractivity contribution is 6.02. The van der Waals surface area contributed by atoms with Crippen molar-refractivity contribution in [1.29, 1.82) is 21.2 Å². The fourth-order valence-electron chi connectivity index (χ4n) is 5.61. The van der Waals surface area contributed by atoms with E-state index >= 15 is 0 Å². The first-order valence-electron chi connectivity index (χ1n) is 11.0. The average molecular weight is 425 g/mol. The van der Waals surface area contributed by atoms with Gasteiger partial charge in [0.15, 0.2) is 5.41 Å². The van der Waals surface area contributed by atoms with Gasteiger partial charge in [0.05, 0.1) is 50.7 Å². The standard InChI is InChI=1S/C26H25N5O/c1-3-11-31-12-10-19-20(13-27)25(30)26(15-28,16-29)24(21(19)14-31)23-18-7-5-4-6-17(18)8-9-22(23)32-2/h4-10,20-21,24,30H,3,11-12,14H2,1-2H3/p+1/t20?,21-,24+/m0/s1. The molecule has 4 rings (SSSR count). The first-order chi connectivity index (χ1) is 15.6. The maximum Gasteiger partial charge on any atom is 0.190 e. The summed E-state index contributed by atoms with van der Waals surface area (Å²) >= 11 is 0. The first kappa shape index (κ1) is 21.6. The highest BCUT2D eigenvalue weighted by Gasteiger charge is 2.59. The molecular formula is C26H26N5O+. The van der Waals surface area contributed by atoms with Crippen LogP contribution in [0.25, 0.3) is 10.8 Å². The molecule has 0 radical (unpaired) electrons. The molecule has 0 bridgehead atoms. The molecule has 2 aromatic rings. The fourth-order valence-corrected chi connectivity index (χ4v) is 5.61. The summed E-state index contributed by atoms with van der Waals surface area (Å²) in [4.78, 5) is 1.36. The van der Waals surface area contributed by atoms with Gasteiger partial charge in [0, 0.05) is 17.4 Å². The number of nitrogens with one attached hydrogen (secondary N) is 2. The maximum atomic E-state index is 10.4. The number of nitriles is 3. The lowest BCUT2D eigenvalue weighted by Crippen LogP contribution is -3.13. The first-order valence-corrected chi connectivity index (χ1v) is 11.0. The third-order valence-corrected chi connectivity index (χ3v) is 7.03. The van der Waals surface area contributed by atoms with Gasteiger partial charge in [-0.05, 0) is 34.9 Å². The SMILES string of the molecule is CCC[NH+]1CC=C2C(C#N)C(=N)C(C#N)(C#N)[C@@H](c3c(OC)ccc4ccccc34)[C@H]2C1. The van der Waals surface area contributed by atoms with Crippen molar-refractivity contribution in [2.24, 2.45) is 17.3 Å². The number of methoxy groups -OCH3 is 1. The van der Waals surface area contributed by atoms with Crippen LogP contribution in [0.1, 0.15) is 24.8 Å². The Bertz CT molecular complexity index is 1210. The molecule has 0 aromatic heterocycles. The number of hydrogen-bond donors (Lipinski definition) is 2. The molecule has 6 heteroatoms. The van der Waals surface area contributed by atoms with E-state index in [4.69, 9.17) is 10.1 Å². The zero-order valence-electron chi connectivity index (χ0n) is 18.4. The molecule has 160 valence electrons. The van der Waals surface area contributed by atoms with Crippen LogP contribution in [0, 0.1) is 56.7 Å². The molecule has 2 aliphatic rings. The highest BCUT2D eigenvalue weighted by Crippen LogP contribution is 2.55. The number of nitrogens with zero attached hydrogens (tertiary/aromatic N) is 3. The monoisotopic (exact) mass is 424 g/mol. The van der Waals surface area contributed by atoms with Gasteiger partial charge >= 0.3 is 0 Å². The Morgan fingerprint density at radius 2 is 1.91 bits per heavy atom. The molecule has 4 atom stereocenters. The summed E-state index contributed by atoms with van der Waals surface area (Å²) in [6, 6.07) is 18.3. The maximum absolute atomic E-state index is 10.4. The molecule has 0 saturated heterocycles. The number of quaternary nitrogens is 1. The molecule has 2 N–H and O–H groups in total. The van der Waals surface area contributed by atoms with Gasteiger partial charge in [-0.1, -0.05) is 37.3 Å². The predicted molar refractivity (Wildman–Crippen MR) is 121 cm³/mol. The number of rotatable bonds is 4. The van der Waals surface area contributed by atoms with Crippen molar-refractivity contribution in [3.05, 3.63) is 53.6 Å². The van der Waals surface area contributed by atoms with Crippen molar-refractivity contribution in [3.63, 3.8) is 0 Å². The van der Waals surface area contributed by atoms with E-state index in [0.717, 1.165) is 41.4 Å². The van der Waals surface area contributed by atoms with Crippen LogP contribution in [0.4, 0.5) is 0 Å². The van der Waals surface area contributed by atoms with Crippen LogP contribution in [-0.2, 0) is 0 Å². The highest BCUT2D eigenvalue weighted by atomic mass is 16.5. The number of hydrogen-bond acceptors (Lipinski definition) is 5. The van der Waals surface area contributed by atoms with Gasteiger partial charge in [-0.25, -0.2) is 0 Å². The van der Waals surface area contributed by atoms with E-state index in [1.807, 2.05) is 36.4 Å². The zero-order valence-corrected chi connectivity index (χ0v) is 18.4. The van der Waals surface area contributed by atoms with Gasteiger partial charge in [-0.15, -0.1) is 0 Å².